The Labute approximate surface area is 131 Å². The molecule has 0 amide bonds. The third-order valence-corrected chi connectivity index (χ3v) is 3.92. The fraction of sp³-hybridized carbons (Fsp3) is 0.556. The predicted molar refractivity (Wildman–Crippen MR) is 83.9 cm³/mol. The fourth-order valence-corrected chi connectivity index (χ4v) is 2.31. The minimum absolute atomic E-state index is 0.00520. The van der Waals surface area contributed by atoms with Crippen LogP contribution in [0.4, 0.5) is 0 Å². The number of hydrogen-bond acceptors (Lipinski definition) is 4. The summed E-state index contributed by atoms with van der Waals surface area (Å²) in [5.74, 6) is -0.874. The van der Waals surface area contributed by atoms with Crippen LogP contribution in [0.1, 0.15) is 72.6 Å². The zero-order valence-electron chi connectivity index (χ0n) is 13.2. The van der Waals surface area contributed by atoms with Gasteiger partial charge in [0.25, 0.3) is 0 Å². The molecule has 0 unspecified atom stereocenters. The first-order valence-corrected chi connectivity index (χ1v) is 8.19. The lowest BCUT2D eigenvalue weighted by atomic mass is 9.96. The van der Waals surface area contributed by atoms with E-state index < -0.39 is 11.9 Å². The summed E-state index contributed by atoms with van der Waals surface area (Å²) in [6.07, 6.45) is 7.12. The lowest BCUT2D eigenvalue weighted by Gasteiger charge is -2.25. The molecule has 0 N–H and O–H groups in total. The molecule has 1 aliphatic rings. The van der Waals surface area contributed by atoms with Crippen LogP contribution in [0.2, 0.25) is 0 Å². The molecule has 0 radical (unpaired) electrons. The number of carbonyl (C=O) groups excluding carboxylic acids is 2. The van der Waals surface area contributed by atoms with Crippen LogP contribution >= 0.6 is 0 Å². The molecule has 0 heterocycles. The largest absolute Gasteiger partial charge is 0.462 e. The average Bonchev–Trinajstić information content (AvgIpc) is 2.50. The van der Waals surface area contributed by atoms with Crippen molar-refractivity contribution in [3.63, 3.8) is 0 Å². The summed E-state index contributed by atoms with van der Waals surface area (Å²) in [5.41, 5.74) is 0.593. The van der Waals surface area contributed by atoms with Gasteiger partial charge in [-0.3, -0.25) is 0 Å². The van der Waals surface area contributed by atoms with Crippen LogP contribution in [-0.2, 0) is 9.47 Å². The standard InChI is InChI=1S/C18H24O4/c1-2-3-4-7-13-21-17(19)15-11-5-6-12-16(15)18(20)22-14-9-8-10-14/h5-6,11-12,14H,2-4,7-10,13H2,1H3. The van der Waals surface area contributed by atoms with Crippen molar-refractivity contribution in [1.29, 1.82) is 0 Å². The topological polar surface area (TPSA) is 52.6 Å². The molecule has 22 heavy (non-hydrogen) atoms. The van der Waals surface area contributed by atoms with Crippen LogP contribution < -0.4 is 0 Å². The Hall–Kier alpha value is -1.84. The van der Waals surface area contributed by atoms with Gasteiger partial charge in [0.1, 0.15) is 6.10 Å². The van der Waals surface area contributed by atoms with E-state index in [1.54, 1.807) is 24.3 Å². The Bertz CT molecular complexity index is 506. The number of esters is 2. The SMILES string of the molecule is CCCCCCOC(=O)c1ccccc1C(=O)OC1CCC1. The summed E-state index contributed by atoms with van der Waals surface area (Å²) in [6.45, 7) is 2.53. The number of ether oxygens (including phenoxy) is 2. The zero-order chi connectivity index (χ0) is 15.8. The highest BCUT2D eigenvalue weighted by Crippen LogP contribution is 2.24. The number of benzene rings is 1. The van der Waals surface area contributed by atoms with Gasteiger partial charge in [0.05, 0.1) is 17.7 Å². The van der Waals surface area contributed by atoms with Gasteiger partial charge in [-0.2, -0.15) is 0 Å². The molecule has 0 spiro atoms. The lowest BCUT2D eigenvalue weighted by Crippen LogP contribution is -2.26. The fourth-order valence-electron chi connectivity index (χ4n) is 2.31. The van der Waals surface area contributed by atoms with Crippen LogP contribution in [0.3, 0.4) is 0 Å². The molecule has 1 fully saturated rings. The van der Waals surface area contributed by atoms with Gasteiger partial charge in [-0.1, -0.05) is 38.3 Å². The van der Waals surface area contributed by atoms with E-state index in [-0.39, 0.29) is 6.10 Å². The highest BCUT2D eigenvalue weighted by Gasteiger charge is 2.25. The second-order valence-corrected chi connectivity index (χ2v) is 5.70. The van der Waals surface area contributed by atoms with E-state index in [1.165, 1.54) is 0 Å². The van der Waals surface area contributed by atoms with Gasteiger partial charge in [0.2, 0.25) is 0 Å². The molecule has 0 aliphatic heterocycles. The van der Waals surface area contributed by atoms with Gasteiger partial charge in [0.15, 0.2) is 0 Å². The van der Waals surface area contributed by atoms with Gasteiger partial charge in [0, 0.05) is 0 Å². The van der Waals surface area contributed by atoms with Crippen LogP contribution in [0.25, 0.3) is 0 Å². The van der Waals surface area contributed by atoms with E-state index in [0.717, 1.165) is 44.9 Å². The van der Waals surface area contributed by atoms with Crippen molar-refractivity contribution in [3.8, 4) is 0 Å². The molecule has 0 aromatic heterocycles. The summed E-state index contributed by atoms with van der Waals surface area (Å²) in [7, 11) is 0. The lowest BCUT2D eigenvalue weighted by molar-refractivity contribution is 0.00849. The minimum Gasteiger partial charge on any atom is -0.462 e. The Morgan fingerprint density at radius 2 is 1.73 bits per heavy atom. The van der Waals surface area contributed by atoms with E-state index in [0.29, 0.717) is 17.7 Å². The van der Waals surface area contributed by atoms with Crippen molar-refractivity contribution < 1.29 is 19.1 Å². The first kappa shape index (κ1) is 16.5. The second-order valence-electron chi connectivity index (χ2n) is 5.70. The van der Waals surface area contributed by atoms with Gasteiger partial charge in [-0.05, 0) is 37.8 Å². The molecular formula is C18H24O4. The van der Waals surface area contributed by atoms with E-state index >= 15 is 0 Å². The maximum atomic E-state index is 12.2. The maximum Gasteiger partial charge on any atom is 0.339 e. The molecule has 2 rings (SSSR count). The third kappa shape index (κ3) is 4.58. The van der Waals surface area contributed by atoms with Gasteiger partial charge in [-0.25, -0.2) is 9.59 Å². The molecule has 1 aromatic rings. The number of unbranched alkanes of at least 4 members (excludes halogenated alkanes) is 3. The molecule has 0 bridgehead atoms. The Morgan fingerprint density at radius 1 is 1.05 bits per heavy atom. The quantitative estimate of drug-likeness (QED) is 0.535. The Balaban J connectivity index is 1.91. The molecule has 120 valence electrons. The second kappa shape index (κ2) is 8.57. The molecule has 4 nitrogen and oxygen atoms in total. The normalized spacial score (nSPS) is 14.2. The van der Waals surface area contributed by atoms with Gasteiger partial charge < -0.3 is 9.47 Å². The van der Waals surface area contributed by atoms with Crippen molar-refractivity contribution in [2.45, 2.75) is 58.0 Å². The Morgan fingerprint density at radius 3 is 2.32 bits per heavy atom. The molecule has 0 saturated heterocycles. The molecular weight excluding hydrogens is 280 g/mol. The monoisotopic (exact) mass is 304 g/mol. The minimum atomic E-state index is -0.447. The van der Waals surface area contributed by atoms with Crippen LogP contribution in [0.15, 0.2) is 24.3 Å². The van der Waals surface area contributed by atoms with Crippen molar-refractivity contribution in [2.75, 3.05) is 6.61 Å². The smallest absolute Gasteiger partial charge is 0.339 e. The average molecular weight is 304 g/mol. The summed E-state index contributed by atoms with van der Waals surface area (Å²) in [6, 6.07) is 6.70. The third-order valence-electron chi connectivity index (χ3n) is 3.92. The highest BCUT2D eigenvalue weighted by molar-refractivity contribution is 6.03. The summed E-state index contributed by atoms with van der Waals surface area (Å²) >= 11 is 0. The van der Waals surface area contributed by atoms with E-state index in [2.05, 4.69) is 6.92 Å². The van der Waals surface area contributed by atoms with Crippen LogP contribution in [0, 0.1) is 0 Å². The van der Waals surface area contributed by atoms with Crippen LogP contribution in [0.5, 0.6) is 0 Å². The molecule has 0 atom stereocenters. The van der Waals surface area contributed by atoms with E-state index in [9.17, 15) is 9.59 Å². The predicted octanol–water partition coefficient (Wildman–Crippen LogP) is 4.13. The summed E-state index contributed by atoms with van der Waals surface area (Å²) in [4.78, 5) is 24.3. The van der Waals surface area contributed by atoms with Crippen molar-refractivity contribution in [2.24, 2.45) is 0 Å². The van der Waals surface area contributed by atoms with Crippen molar-refractivity contribution >= 4 is 11.9 Å². The first-order valence-electron chi connectivity index (χ1n) is 8.19. The van der Waals surface area contributed by atoms with Gasteiger partial charge in [-0.15, -0.1) is 0 Å². The molecule has 4 heteroatoms. The zero-order valence-corrected chi connectivity index (χ0v) is 13.2. The first-order chi connectivity index (χ1) is 10.7. The van der Waals surface area contributed by atoms with E-state index in [1.807, 2.05) is 0 Å². The Kier molecular flexibility index (Phi) is 6.44. The number of hydrogen-bond donors (Lipinski definition) is 0. The maximum absolute atomic E-state index is 12.2. The van der Waals surface area contributed by atoms with Crippen molar-refractivity contribution in [3.05, 3.63) is 35.4 Å². The van der Waals surface area contributed by atoms with E-state index in [4.69, 9.17) is 9.47 Å². The molecule has 1 aliphatic carbocycles. The molecule has 1 saturated carbocycles. The summed E-state index contributed by atoms with van der Waals surface area (Å²) < 4.78 is 10.6. The number of carbonyl (C=O) groups is 2. The molecule has 1 aromatic carbocycles. The van der Waals surface area contributed by atoms with Gasteiger partial charge >= 0.3 is 11.9 Å². The van der Waals surface area contributed by atoms with Crippen molar-refractivity contribution in [1.82, 2.24) is 0 Å². The van der Waals surface area contributed by atoms with Crippen LogP contribution in [-0.4, -0.2) is 24.6 Å². The summed E-state index contributed by atoms with van der Waals surface area (Å²) in [5, 5.41) is 0. The number of rotatable bonds is 8. The highest BCUT2D eigenvalue weighted by atomic mass is 16.5.